The van der Waals surface area contributed by atoms with Crippen molar-refractivity contribution >= 4 is 28.1 Å². The van der Waals surface area contributed by atoms with Gasteiger partial charge in [0.1, 0.15) is 23.0 Å². The first-order valence-corrected chi connectivity index (χ1v) is 9.48. The number of nitrogens with two attached hydrogens (primary N) is 1. The van der Waals surface area contributed by atoms with E-state index in [9.17, 15) is 10.1 Å². The average molecular weight is 389 g/mol. The van der Waals surface area contributed by atoms with E-state index in [1.165, 1.54) is 11.5 Å². The van der Waals surface area contributed by atoms with Crippen LogP contribution in [-0.4, -0.2) is 13.3 Å². The third kappa shape index (κ3) is 2.02. The molecule has 1 atom stereocenters. The number of aromatic nitrogens is 3. The Kier molecular flexibility index (Phi) is 3.38. The van der Waals surface area contributed by atoms with Crippen LogP contribution < -0.4 is 16.0 Å². The third-order valence-corrected chi connectivity index (χ3v) is 6.05. The number of benzene rings is 1. The van der Waals surface area contributed by atoms with Crippen molar-refractivity contribution in [2.24, 2.45) is 12.8 Å². The molecule has 0 radical (unpaired) electrons. The van der Waals surface area contributed by atoms with Gasteiger partial charge < -0.3 is 15.0 Å². The Labute approximate surface area is 163 Å². The van der Waals surface area contributed by atoms with Gasteiger partial charge in [0.05, 0.1) is 28.4 Å². The van der Waals surface area contributed by atoms with Crippen molar-refractivity contribution in [3.8, 4) is 11.8 Å². The molecule has 0 bridgehead atoms. The summed E-state index contributed by atoms with van der Waals surface area (Å²) in [5.74, 6) is -0.221. The summed E-state index contributed by atoms with van der Waals surface area (Å²) in [6.07, 6.45) is 0. The average Bonchev–Trinajstić information content (AvgIpc) is 3.25. The minimum Gasteiger partial charge on any atom is -0.439 e. The Balaban J connectivity index is 1.96. The van der Waals surface area contributed by atoms with Crippen LogP contribution in [0.3, 0.4) is 0 Å². The first-order chi connectivity index (χ1) is 13.5. The molecule has 8 heteroatoms. The number of imidazole rings is 1. The number of hydrogen-bond donors (Lipinski definition) is 1. The first-order valence-electron chi connectivity index (χ1n) is 8.65. The maximum Gasteiger partial charge on any atom is 0.258 e. The van der Waals surface area contributed by atoms with E-state index in [0.29, 0.717) is 11.3 Å². The highest BCUT2D eigenvalue weighted by Crippen LogP contribution is 2.44. The fourth-order valence-electron chi connectivity index (χ4n) is 3.94. The summed E-state index contributed by atoms with van der Waals surface area (Å²) in [6.45, 7) is 1.88. The summed E-state index contributed by atoms with van der Waals surface area (Å²) >= 11 is 1.46. The molecule has 28 heavy (non-hydrogen) atoms. The quantitative estimate of drug-likeness (QED) is 0.540. The van der Waals surface area contributed by atoms with Gasteiger partial charge in [-0.25, -0.2) is 4.98 Å². The molecule has 0 saturated heterocycles. The number of ether oxygens (including phenoxy) is 1. The van der Waals surface area contributed by atoms with Gasteiger partial charge in [-0.15, -0.1) is 0 Å². The molecule has 4 aromatic rings. The van der Waals surface area contributed by atoms with Crippen molar-refractivity contribution < 1.29 is 4.74 Å². The maximum absolute atomic E-state index is 13.4. The van der Waals surface area contributed by atoms with Crippen LogP contribution in [0.4, 0.5) is 0 Å². The Morgan fingerprint density at radius 2 is 2.11 bits per heavy atom. The van der Waals surface area contributed by atoms with Gasteiger partial charge >= 0.3 is 0 Å². The van der Waals surface area contributed by atoms with Crippen LogP contribution >= 0.6 is 11.5 Å². The van der Waals surface area contributed by atoms with E-state index in [1.54, 1.807) is 11.6 Å². The van der Waals surface area contributed by atoms with Crippen LogP contribution in [0.25, 0.3) is 16.6 Å². The lowest BCUT2D eigenvalue weighted by atomic mass is 9.85. The second-order valence-electron chi connectivity index (χ2n) is 6.69. The van der Waals surface area contributed by atoms with Gasteiger partial charge in [0.2, 0.25) is 5.88 Å². The number of nitrogens with zero attached hydrogens (tertiary/aromatic N) is 4. The van der Waals surface area contributed by atoms with Crippen LogP contribution in [0.5, 0.6) is 5.75 Å². The molecule has 0 amide bonds. The van der Waals surface area contributed by atoms with Crippen molar-refractivity contribution in [1.82, 2.24) is 13.3 Å². The summed E-state index contributed by atoms with van der Waals surface area (Å²) in [7, 11) is 1.72. The second-order valence-corrected chi connectivity index (χ2v) is 7.54. The lowest BCUT2D eigenvalue weighted by molar-refractivity contribution is 0.395. The van der Waals surface area contributed by atoms with E-state index in [0.717, 1.165) is 27.9 Å². The van der Waals surface area contributed by atoms with Crippen molar-refractivity contribution in [3.63, 3.8) is 0 Å². The maximum atomic E-state index is 13.4. The van der Waals surface area contributed by atoms with Crippen molar-refractivity contribution in [2.75, 3.05) is 0 Å². The Morgan fingerprint density at radius 3 is 2.89 bits per heavy atom. The molecular formula is C20H15N5O2S. The number of nitriles is 1. The first kappa shape index (κ1) is 16.6. The Bertz CT molecular complexity index is 1420. The zero-order chi connectivity index (χ0) is 19.6. The molecule has 1 aliphatic heterocycles. The highest BCUT2D eigenvalue weighted by molar-refractivity contribution is 7.04. The number of para-hydroxylation sites is 1. The van der Waals surface area contributed by atoms with Gasteiger partial charge in [0.15, 0.2) is 0 Å². The number of rotatable bonds is 1. The van der Waals surface area contributed by atoms with Crippen LogP contribution in [0, 0.1) is 18.3 Å². The van der Waals surface area contributed by atoms with Gasteiger partial charge in [-0.3, -0.25) is 8.58 Å². The SMILES string of the molecule is Cc1nc2ccsn2c1[C@H]1C(C#N)=C(N)Oc2c1c(=O)n(C)c1ccccc21. The summed E-state index contributed by atoms with van der Waals surface area (Å²) in [6, 6.07) is 11.6. The zero-order valence-corrected chi connectivity index (χ0v) is 15.9. The van der Waals surface area contributed by atoms with Crippen molar-refractivity contribution in [1.29, 1.82) is 5.26 Å². The molecule has 1 aromatic carbocycles. The second kappa shape index (κ2) is 5.71. The lowest BCUT2D eigenvalue weighted by Gasteiger charge is -2.27. The Hall–Kier alpha value is -3.57. The normalized spacial score (nSPS) is 16.2. The Morgan fingerprint density at radius 1 is 1.32 bits per heavy atom. The van der Waals surface area contributed by atoms with Gasteiger partial charge in [0, 0.05) is 17.8 Å². The third-order valence-electron chi connectivity index (χ3n) is 5.20. The number of hydrogen-bond acceptors (Lipinski definition) is 6. The molecule has 0 aliphatic carbocycles. The van der Waals surface area contributed by atoms with Crippen LogP contribution in [0.15, 0.2) is 52.0 Å². The van der Waals surface area contributed by atoms with Gasteiger partial charge in [0.25, 0.3) is 5.56 Å². The molecule has 7 nitrogen and oxygen atoms in total. The smallest absolute Gasteiger partial charge is 0.258 e. The molecule has 0 unspecified atom stereocenters. The van der Waals surface area contributed by atoms with E-state index in [-0.39, 0.29) is 17.0 Å². The van der Waals surface area contributed by atoms with Gasteiger partial charge in [-0.2, -0.15) is 5.26 Å². The monoisotopic (exact) mass is 389 g/mol. The van der Waals surface area contributed by atoms with Crippen LogP contribution in [0.1, 0.15) is 22.9 Å². The molecular weight excluding hydrogens is 374 g/mol. The largest absolute Gasteiger partial charge is 0.439 e. The molecule has 0 fully saturated rings. The topological polar surface area (TPSA) is 98.3 Å². The van der Waals surface area contributed by atoms with E-state index in [1.807, 2.05) is 46.4 Å². The molecule has 138 valence electrons. The minimum atomic E-state index is -0.647. The number of allylic oxidation sites excluding steroid dienone is 1. The highest BCUT2D eigenvalue weighted by Gasteiger charge is 2.38. The van der Waals surface area contributed by atoms with E-state index in [4.69, 9.17) is 10.5 Å². The molecule has 2 N–H and O–H groups in total. The summed E-state index contributed by atoms with van der Waals surface area (Å²) < 4.78 is 9.37. The van der Waals surface area contributed by atoms with Gasteiger partial charge in [-0.05, 0) is 25.1 Å². The fraction of sp³-hybridized carbons (Fsp3) is 0.150. The van der Waals surface area contributed by atoms with Crippen LogP contribution in [-0.2, 0) is 7.05 Å². The minimum absolute atomic E-state index is 0.0179. The fourth-order valence-corrected chi connectivity index (χ4v) is 4.80. The number of aryl methyl sites for hydroxylation is 2. The molecule has 0 spiro atoms. The van der Waals surface area contributed by atoms with Crippen molar-refractivity contribution in [3.05, 3.63) is 74.5 Å². The van der Waals surface area contributed by atoms with Gasteiger partial charge in [-0.1, -0.05) is 23.7 Å². The number of pyridine rings is 1. The van der Waals surface area contributed by atoms with Crippen LogP contribution in [0.2, 0.25) is 0 Å². The summed E-state index contributed by atoms with van der Waals surface area (Å²) in [5, 5.41) is 12.5. The zero-order valence-electron chi connectivity index (χ0n) is 15.1. The molecule has 3 aromatic heterocycles. The predicted molar refractivity (Wildman–Crippen MR) is 106 cm³/mol. The van der Waals surface area contributed by atoms with E-state index < -0.39 is 5.92 Å². The van der Waals surface area contributed by atoms with E-state index >= 15 is 0 Å². The molecule has 5 rings (SSSR count). The molecule has 1 aliphatic rings. The lowest BCUT2D eigenvalue weighted by Crippen LogP contribution is -2.31. The number of fused-ring (bicyclic) bond motifs is 4. The highest BCUT2D eigenvalue weighted by atomic mass is 32.1. The predicted octanol–water partition coefficient (Wildman–Crippen LogP) is 2.77. The summed E-state index contributed by atoms with van der Waals surface area (Å²) in [4.78, 5) is 18.0. The van der Waals surface area contributed by atoms with Crippen molar-refractivity contribution in [2.45, 2.75) is 12.8 Å². The molecule has 4 heterocycles. The summed E-state index contributed by atoms with van der Waals surface area (Å²) in [5.41, 5.74) is 9.59. The van der Waals surface area contributed by atoms with E-state index in [2.05, 4.69) is 11.1 Å². The standard InChI is InChI=1S/C20H15N5O2S/c1-10-17(25-14(23-10)7-8-28-25)15-12(9-21)19(22)27-18-11-5-3-4-6-13(11)24(2)20(26)16(15)18/h3-8,15H,22H2,1-2H3/t15-/m0/s1. The molecule has 0 saturated carbocycles.